The second-order valence-corrected chi connectivity index (χ2v) is 7.21. The van der Waals surface area contributed by atoms with Crippen LogP contribution < -0.4 is 21.7 Å². The third kappa shape index (κ3) is 5.80. The minimum absolute atomic E-state index is 0.127. The van der Waals surface area contributed by atoms with Crippen molar-refractivity contribution >= 4 is 34.6 Å². The molecular formula is C20H27N5O5. The number of carboxylic acids is 1. The summed E-state index contributed by atoms with van der Waals surface area (Å²) in [5, 5.41) is 17.4. The molecule has 0 spiro atoms. The lowest BCUT2D eigenvalue weighted by molar-refractivity contribution is -0.141. The summed E-state index contributed by atoms with van der Waals surface area (Å²) in [6.45, 7) is 4.28. The van der Waals surface area contributed by atoms with Crippen LogP contribution in [0, 0.1) is 0 Å². The Bertz CT molecular complexity index is 939. The first-order valence-electron chi connectivity index (χ1n) is 9.54. The molecule has 1 aromatic carbocycles. The monoisotopic (exact) mass is 417 g/mol. The lowest BCUT2D eigenvalue weighted by Gasteiger charge is -2.22. The molecule has 0 saturated heterocycles. The second kappa shape index (κ2) is 9.88. The molecule has 0 radical (unpaired) electrons. The van der Waals surface area contributed by atoms with Crippen LogP contribution in [0.5, 0.6) is 0 Å². The molecule has 10 heteroatoms. The minimum Gasteiger partial charge on any atom is -0.480 e. The number of carboxylic acid groups (broad SMARTS) is 1. The van der Waals surface area contributed by atoms with E-state index in [0.717, 1.165) is 16.5 Å². The Morgan fingerprint density at radius 3 is 2.23 bits per heavy atom. The van der Waals surface area contributed by atoms with Crippen molar-refractivity contribution in [2.75, 3.05) is 0 Å². The van der Waals surface area contributed by atoms with Crippen LogP contribution in [0.2, 0.25) is 0 Å². The number of hydrogen-bond donors (Lipinski definition) is 6. The summed E-state index contributed by atoms with van der Waals surface area (Å²) >= 11 is 0. The number of H-pyrrole nitrogens is 1. The van der Waals surface area contributed by atoms with Crippen molar-refractivity contribution in [1.29, 1.82) is 0 Å². The minimum atomic E-state index is -1.20. The lowest BCUT2D eigenvalue weighted by Crippen LogP contribution is -2.56. The van der Waals surface area contributed by atoms with Gasteiger partial charge in [-0.1, -0.05) is 18.2 Å². The normalized spacial score (nSPS) is 14.9. The third-order valence-electron chi connectivity index (χ3n) is 4.63. The van der Waals surface area contributed by atoms with Gasteiger partial charge in [0, 0.05) is 23.5 Å². The molecule has 30 heavy (non-hydrogen) atoms. The predicted octanol–water partition coefficient (Wildman–Crippen LogP) is -0.364. The number of nitrogens with two attached hydrogens (primary N) is 1. The first-order valence-corrected chi connectivity index (χ1v) is 9.54. The van der Waals surface area contributed by atoms with Gasteiger partial charge < -0.3 is 31.8 Å². The molecule has 4 unspecified atom stereocenters. The summed E-state index contributed by atoms with van der Waals surface area (Å²) in [4.78, 5) is 51.2. The van der Waals surface area contributed by atoms with Crippen molar-refractivity contribution < 1.29 is 24.3 Å². The van der Waals surface area contributed by atoms with Gasteiger partial charge in [-0.2, -0.15) is 0 Å². The number of para-hydroxylation sites is 1. The van der Waals surface area contributed by atoms with Gasteiger partial charge in [-0.25, -0.2) is 0 Å². The zero-order valence-electron chi connectivity index (χ0n) is 17.1. The van der Waals surface area contributed by atoms with Crippen molar-refractivity contribution in [3.05, 3.63) is 36.0 Å². The molecule has 162 valence electrons. The van der Waals surface area contributed by atoms with Crippen molar-refractivity contribution in [3.63, 3.8) is 0 Å². The molecule has 0 aliphatic heterocycles. The molecule has 1 heterocycles. The fraction of sp³-hybridized carbons (Fsp3) is 0.400. The van der Waals surface area contributed by atoms with Crippen LogP contribution in [-0.2, 0) is 25.6 Å². The Hall–Kier alpha value is -3.40. The summed E-state index contributed by atoms with van der Waals surface area (Å²) in [6.07, 6.45) is 1.86. The number of fused-ring (bicyclic) bond motifs is 1. The fourth-order valence-corrected chi connectivity index (χ4v) is 2.81. The Labute approximate surface area is 173 Å². The molecule has 4 atom stereocenters. The van der Waals surface area contributed by atoms with Gasteiger partial charge in [0.25, 0.3) is 0 Å². The average Bonchev–Trinajstić information content (AvgIpc) is 3.09. The van der Waals surface area contributed by atoms with E-state index in [1.807, 2.05) is 24.3 Å². The van der Waals surface area contributed by atoms with Crippen molar-refractivity contribution in [1.82, 2.24) is 20.9 Å². The summed E-state index contributed by atoms with van der Waals surface area (Å²) in [5.74, 6) is -2.94. The van der Waals surface area contributed by atoms with E-state index in [1.165, 1.54) is 20.8 Å². The highest BCUT2D eigenvalue weighted by Crippen LogP contribution is 2.19. The summed E-state index contributed by atoms with van der Waals surface area (Å²) in [6, 6.07) is 3.58. The number of carbonyl (C=O) groups is 4. The largest absolute Gasteiger partial charge is 0.480 e. The van der Waals surface area contributed by atoms with Gasteiger partial charge in [-0.15, -0.1) is 0 Å². The molecule has 2 aromatic rings. The van der Waals surface area contributed by atoms with Crippen molar-refractivity contribution in [3.8, 4) is 0 Å². The van der Waals surface area contributed by atoms with E-state index in [1.54, 1.807) is 6.20 Å². The van der Waals surface area contributed by atoms with Gasteiger partial charge >= 0.3 is 5.97 Å². The standard InChI is InChI=1S/C20H27N5O5/c1-10(21)17(26)23-11(2)18(27)25-16(19(28)24-12(3)20(29)30)8-13-9-22-15-7-5-4-6-14(13)15/h4-7,9-12,16,22H,8,21H2,1-3H3,(H,23,26)(H,24,28)(H,25,27)(H,29,30). The number of aromatic nitrogens is 1. The highest BCUT2D eigenvalue weighted by Gasteiger charge is 2.27. The molecule has 0 fully saturated rings. The summed E-state index contributed by atoms with van der Waals surface area (Å²) in [5.41, 5.74) is 7.14. The number of rotatable bonds is 9. The van der Waals surface area contributed by atoms with Crippen molar-refractivity contribution in [2.24, 2.45) is 5.73 Å². The number of benzene rings is 1. The van der Waals surface area contributed by atoms with Crippen LogP contribution in [0.4, 0.5) is 0 Å². The molecule has 10 nitrogen and oxygen atoms in total. The number of carbonyl (C=O) groups excluding carboxylic acids is 3. The molecular weight excluding hydrogens is 390 g/mol. The third-order valence-corrected chi connectivity index (χ3v) is 4.63. The van der Waals surface area contributed by atoms with E-state index in [9.17, 15) is 19.2 Å². The van der Waals surface area contributed by atoms with Gasteiger partial charge in [0.15, 0.2) is 0 Å². The van der Waals surface area contributed by atoms with E-state index in [4.69, 9.17) is 10.8 Å². The molecule has 0 aliphatic rings. The molecule has 0 aliphatic carbocycles. The van der Waals surface area contributed by atoms with Gasteiger partial charge in [0.1, 0.15) is 18.1 Å². The van der Waals surface area contributed by atoms with E-state index in [2.05, 4.69) is 20.9 Å². The molecule has 1 aromatic heterocycles. The van der Waals surface area contributed by atoms with Crippen molar-refractivity contribution in [2.45, 2.75) is 51.4 Å². The van der Waals surface area contributed by atoms with E-state index < -0.39 is 47.9 Å². The summed E-state index contributed by atoms with van der Waals surface area (Å²) in [7, 11) is 0. The molecule has 0 saturated carbocycles. The first kappa shape index (κ1) is 22.9. The smallest absolute Gasteiger partial charge is 0.325 e. The van der Waals surface area contributed by atoms with Gasteiger partial charge in [-0.3, -0.25) is 19.2 Å². The Kier molecular flexibility index (Phi) is 7.54. The van der Waals surface area contributed by atoms with E-state index >= 15 is 0 Å². The van der Waals surface area contributed by atoms with Crippen LogP contribution >= 0.6 is 0 Å². The number of aliphatic carboxylic acids is 1. The lowest BCUT2D eigenvalue weighted by atomic mass is 10.0. The summed E-state index contributed by atoms with van der Waals surface area (Å²) < 4.78 is 0. The van der Waals surface area contributed by atoms with Crippen LogP contribution in [-0.4, -0.2) is 57.9 Å². The topological polar surface area (TPSA) is 166 Å². The second-order valence-electron chi connectivity index (χ2n) is 7.21. The number of amides is 3. The van der Waals surface area contributed by atoms with E-state index in [-0.39, 0.29) is 6.42 Å². The molecule has 0 bridgehead atoms. The molecule has 3 amide bonds. The Morgan fingerprint density at radius 2 is 1.60 bits per heavy atom. The van der Waals surface area contributed by atoms with Crippen LogP contribution in [0.1, 0.15) is 26.3 Å². The first-order chi connectivity index (χ1) is 14.1. The maximum Gasteiger partial charge on any atom is 0.325 e. The fourth-order valence-electron chi connectivity index (χ4n) is 2.81. The number of aromatic amines is 1. The Balaban J connectivity index is 2.20. The number of hydrogen-bond acceptors (Lipinski definition) is 5. The van der Waals surface area contributed by atoms with Gasteiger partial charge in [0.05, 0.1) is 6.04 Å². The highest BCUT2D eigenvalue weighted by molar-refractivity contribution is 5.94. The zero-order valence-corrected chi connectivity index (χ0v) is 17.1. The maximum atomic E-state index is 12.7. The van der Waals surface area contributed by atoms with Gasteiger partial charge in [-0.05, 0) is 32.4 Å². The molecule has 7 N–H and O–H groups in total. The average molecular weight is 417 g/mol. The quantitative estimate of drug-likeness (QED) is 0.326. The van der Waals surface area contributed by atoms with Crippen LogP contribution in [0.3, 0.4) is 0 Å². The predicted molar refractivity (Wildman–Crippen MR) is 110 cm³/mol. The van der Waals surface area contributed by atoms with Gasteiger partial charge in [0.2, 0.25) is 17.7 Å². The molecule has 2 rings (SSSR count). The maximum absolute atomic E-state index is 12.7. The number of nitrogens with one attached hydrogen (secondary N) is 4. The zero-order chi connectivity index (χ0) is 22.4. The Morgan fingerprint density at radius 1 is 0.967 bits per heavy atom. The SMILES string of the molecule is CC(N)C(=O)NC(C)C(=O)NC(Cc1c[nH]c2ccccc12)C(=O)NC(C)C(=O)O. The van der Waals surface area contributed by atoms with Crippen LogP contribution in [0.15, 0.2) is 30.5 Å². The van der Waals surface area contributed by atoms with Crippen LogP contribution in [0.25, 0.3) is 10.9 Å². The van der Waals surface area contributed by atoms with E-state index in [0.29, 0.717) is 0 Å². The highest BCUT2D eigenvalue weighted by atomic mass is 16.4.